The SMILES string of the molecule is Cn1ncc(Cl)c1C(=O)N1CCCC(c2nccn2Cc2ccccn2)C1. The van der Waals surface area contributed by atoms with Gasteiger partial charge in [-0.15, -0.1) is 0 Å². The summed E-state index contributed by atoms with van der Waals surface area (Å²) in [5, 5.41) is 4.47. The average molecular weight is 385 g/mol. The molecule has 0 bridgehead atoms. The van der Waals surface area contributed by atoms with Gasteiger partial charge in [0.05, 0.1) is 23.5 Å². The van der Waals surface area contributed by atoms with Crippen LogP contribution in [0.2, 0.25) is 5.02 Å². The van der Waals surface area contributed by atoms with Gasteiger partial charge in [-0.3, -0.25) is 14.5 Å². The first kappa shape index (κ1) is 17.7. The summed E-state index contributed by atoms with van der Waals surface area (Å²) in [5.41, 5.74) is 1.43. The molecular weight excluding hydrogens is 364 g/mol. The van der Waals surface area contributed by atoms with Gasteiger partial charge in [0.25, 0.3) is 5.91 Å². The third-order valence-corrected chi connectivity index (χ3v) is 5.25. The van der Waals surface area contributed by atoms with Crippen LogP contribution >= 0.6 is 11.6 Å². The van der Waals surface area contributed by atoms with Crippen LogP contribution in [0.3, 0.4) is 0 Å². The molecule has 3 aromatic heterocycles. The van der Waals surface area contributed by atoms with Crippen molar-refractivity contribution in [2.24, 2.45) is 7.05 Å². The van der Waals surface area contributed by atoms with Crippen molar-refractivity contribution in [2.45, 2.75) is 25.3 Å². The highest BCUT2D eigenvalue weighted by Crippen LogP contribution is 2.28. The molecule has 1 saturated heterocycles. The summed E-state index contributed by atoms with van der Waals surface area (Å²) in [7, 11) is 1.74. The van der Waals surface area contributed by atoms with E-state index in [-0.39, 0.29) is 11.8 Å². The lowest BCUT2D eigenvalue weighted by molar-refractivity contribution is 0.0692. The molecule has 0 aromatic carbocycles. The van der Waals surface area contributed by atoms with Gasteiger partial charge in [-0.25, -0.2) is 4.98 Å². The van der Waals surface area contributed by atoms with Crippen molar-refractivity contribution in [3.05, 3.63) is 65.2 Å². The number of carbonyl (C=O) groups excluding carboxylic acids is 1. The van der Waals surface area contributed by atoms with Crippen molar-refractivity contribution in [3.63, 3.8) is 0 Å². The number of piperidine rings is 1. The molecule has 8 heteroatoms. The Bertz CT molecular complexity index is 915. The molecule has 27 heavy (non-hydrogen) atoms. The van der Waals surface area contributed by atoms with Crippen LogP contribution in [0.5, 0.6) is 0 Å². The summed E-state index contributed by atoms with van der Waals surface area (Å²) < 4.78 is 3.66. The van der Waals surface area contributed by atoms with Crippen LogP contribution < -0.4 is 0 Å². The van der Waals surface area contributed by atoms with E-state index in [9.17, 15) is 4.79 Å². The third-order valence-electron chi connectivity index (χ3n) is 4.98. The number of pyridine rings is 1. The Morgan fingerprint density at radius 3 is 2.93 bits per heavy atom. The second-order valence-electron chi connectivity index (χ2n) is 6.79. The van der Waals surface area contributed by atoms with E-state index in [4.69, 9.17) is 11.6 Å². The second kappa shape index (κ2) is 7.52. The Labute approximate surface area is 162 Å². The van der Waals surface area contributed by atoms with E-state index in [1.165, 1.54) is 10.9 Å². The van der Waals surface area contributed by atoms with Crippen molar-refractivity contribution in [3.8, 4) is 0 Å². The first-order valence-corrected chi connectivity index (χ1v) is 9.39. The van der Waals surface area contributed by atoms with Gasteiger partial charge >= 0.3 is 0 Å². The van der Waals surface area contributed by atoms with Gasteiger partial charge in [-0.05, 0) is 25.0 Å². The highest BCUT2D eigenvalue weighted by Gasteiger charge is 2.30. The van der Waals surface area contributed by atoms with E-state index in [0.29, 0.717) is 23.8 Å². The van der Waals surface area contributed by atoms with Crippen LogP contribution in [0.4, 0.5) is 0 Å². The minimum Gasteiger partial charge on any atom is -0.337 e. The van der Waals surface area contributed by atoms with Gasteiger partial charge in [-0.2, -0.15) is 5.10 Å². The predicted octanol–water partition coefficient (Wildman–Crippen LogP) is 2.73. The highest BCUT2D eigenvalue weighted by atomic mass is 35.5. The molecule has 4 heterocycles. The number of amides is 1. The Morgan fingerprint density at radius 1 is 1.30 bits per heavy atom. The number of hydrogen-bond donors (Lipinski definition) is 0. The topological polar surface area (TPSA) is 68.8 Å². The van der Waals surface area contributed by atoms with E-state index in [0.717, 1.165) is 30.9 Å². The minimum atomic E-state index is -0.0764. The number of halogens is 1. The molecule has 0 spiro atoms. The van der Waals surface area contributed by atoms with Gasteiger partial charge in [0.15, 0.2) is 0 Å². The molecule has 1 aliphatic heterocycles. The number of aromatic nitrogens is 5. The van der Waals surface area contributed by atoms with Crippen LogP contribution in [-0.2, 0) is 13.6 Å². The molecule has 7 nitrogen and oxygen atoms in total. The largest absolute Gasteiger partial charge is 0.337 e. The van der Waals surface area contributed by atoms with Gasteiger partial charge in [0, 0.05) is 44.6 Å². The lowest BCUT2D eigenvalue weighted by Crippen LogP contribution is -2.40. The van der Waals surface area contributed by atoms with Gasteiger partial charge in [-0.1, -0.05) is 17.7 Å². The van der Waals surface area contributed by atoms with E-state index in [2.05, 4.69) is 19.6 Å². The van der Waals surface area contributed by atoms with E-state index in [1.807, 2.05) is 35.5 Å². The van der Waals surface area contributed by atoms with Crippen molar-refractivity contribution in [2.75, 3.05) is 13.1 Å². The highest BCUT2D eigenvalue weighted by molar-refractivity contribution is 6.33. The normalized spacial score (nSPS) is 17.3. The van der Waals surface area contributed by atoms with Crippen LogP contribution in [0.25, 0.3) is 0 Å². The first-order valence-electron chi connectivity index (χ1n) is 9.01. The molecule has 1 atom stereocenters. The zero-order valence-electron chi connectivity index (χ0n) is 15.1. The lowest BCUT2D eigenvalue weighted by atomic mass is 9.96. The van der Waals surface area contributed by atoms with Crippen LogP contribution in [-0.4, -0.2) is 48.2 Å². The van der Waals surface area contributed by atoms with Crippen molar-refractivity contribution < 1.29 is 4.79 Å². The zero-order valence-corrected chi connectivity index (χ0v) is 15.9. The maximum atomic E-state index is 12.9. The lowest BCUT2D eigenvalue weighted by Gasteiger charge is -2.32. The average Bonchev–Trinajstić information content (AvgIpc) is 3.28. The quantitative estimate of drug-likeness (QED) is 0.693. The summed E-state index contributed by atoms with van der Waals surface area (Å²) >= 11 is 6.16. The van der Waals surface area contributed by atoms with Crippen LogP contribution in [0.1, 0.15) is 40.8 Å². The number of imidazole rings is 1. The van der Waals surface area contributed by atoms with E-state index >= 15 is 0 Å². The summed E-state index contributed by atoms with van der Waals surface area (Å²) in [4.78, 5) is 23.8. The fourth-order valence-corrected chi connectivity index (χ4v) is 3.90. The number of likely N-dealkylation sites (tertiary alicyclic amines) is 1. The molecular formula is C19H21ClN6O. The summed E-state index contributed by atoms with van der Waals surface area (Å²) in [6, 6.07) is 5.90. The van der Waals surface area contributed by atoms with E-state index < -0.39 is 0 Å². The van der Waals surface area contributed by atoms with Crippen molar-refractivity contribution in [1.82, 2.24) is 29.2 Å². The smallest absolute Gasteiger partial charge is 0.273 e. The molecule has 0 saturated carbocycles. The number of hydrogen-bond acceptors (Lipinski definition) is 4. The first-order chi connectivity index (χ1) is 13.1. The molecule has 0 aliphatic carbocycles. The molecule has 140 valence electrons. The number of aryl methyl sites for hydroxylation is 1. The maximum absolute atomic E-state index is 12.9. The fourth-order valence-electron chi connectivity index (χ4n) is 3.65. The molecule has 1 unspecified atom stereocenters. The van der Waals surface area contributed by atoms with Crippen LogP contribution in [0.15, 0.2) is 43.0 Å². The zero-order chi connectivity index (χ0) is 18.8. The molecule has 0 radical (unpaired) electrons. The standard InChI is InChI=1S/C19H21ClN6O/c1-24-17(16(20)11-23-24)19(27)26-9-4-5-14(12-26)18-22-8-10-25(18)13-15-6-2-3-7-21-15/h2-3,6-8,10-11,14H,4-5,9,12-13H2,1H3. The van der Waals surface area contributed by atoms with E-state index in [1.54, 1.807) is 13.2 Å². The predicted molar refractivity (Wildman–Crippen MR) is 102 cm³/mol. The monoisotopic (exact) mass is 384 g/mol. The van der Waals surface area contributed by atoms with Gasteiger partial charge < -0.3 is 9.47 Å². The molecule has 4 rings (SSSR count). The molecule has 1 fully saturated rings. The number of carbonyl (C=O) groups is 1. The van der Waals surface area contributed by atoms with Crippen LogP contribution in [0, 0.1) is 0 Å². The molecule has 0 N–H and O–H groups in total. The maximum Gasteiger partial charge on any atom is 0.273 e. The summed E-state index contributed by atoms with van der Waals surface area (Å²) in [5.74, 6) is 1.11. The summed E-state index contributed by atoms with van der Waals surface area (Å²) in [6.45, 7) is 2.02. The number of rotatable bonds is 4. The molecule has 3 aromatic rings. The molecule has 1 amide bonds. The second-order valence-corrected chi connectivity index (χ2v) is 7.20. The Kier molecular flexibility index (Phi) is 4.94. The van der Waals surface area contributed by atoms with Gasteiger partial charge in [0.1, 0.15) is 11.5 Å². The minimum absolute atomic E-state index is 0.0764. The fraction of sp³-hybridized carbons (Fsp3) is 0.368. The van der Waals surface area contributed by atoms with Crippen molar-refractivity contribution in [1.29, 1.82) is 0 Å². The Balaban J connectivity index is 1.52. The van der Waals surface area contributed by atoms with Gasteiger partial charge in [0.2, 0.25) is 0 Å². The molecule has 1 aliphatic rings. The summed E-state index contributed by atoms with van der Waals surface area (Å²) in [6.07, 6.45) is 9.03. The van der Waals surface area contributed by atoms with Crippen molar-refractivity contribution >= 4 is 17.5 Å². The third kappa shape index (κ3) is 3.60. The number of nitrogens with zero attached hydrogens (tertiary/aromatic N) is 6. The Hall–Kier alpha value is -2.67. The Morgan fingerprint density at radius 2 is 2.19 bits per heavy atom.